The predicted molar refractivity (Wildman–Crippen MR) is 64.0 cm³/mol. The van der Waals surface area contributed by atoms with Crippen LogP contribution in [0.5, 0.6) is 5.88 Å². The van der Waals surface area contributed by atoms with Crippen molar-refractivity contribution in [3.8, 4) is 5.88 Å². The van der Waals surface area contributed by atoms with E-state index in [0.29, 0.717) is 0 Å². The van der Waals surface area contributed by atoms with E-state index < -0.39 is 41.5 Å². The molecule has 0 amide bonds. The number of rotatable bonds is 4. The van der Waals surface area contributed by atoms with E-state index in [0.717, 1.165) is 18.2 Å². The van der Waals surface area contributed by atoms with Gasteiger partial charge in [-0.3, -0.25) is 0 Å². The zero-order valence-corrected chi connectivity index (χ0v) is 10.8. The first-order chi connectivity index (χ1) is 10.4. The van der Waals surface area contributed by atoms with E-state index in [1.165, 1.54) is 0 Å². The Bertz CT molecular complexity index is 651. The van der Waals surface area contributed by atoms with E-state index >= 15 is 0 Å². The number of hydrogen-bond donors (Lipinski definition) is 2. The van der Waals surface area contributed by atoms with Crippen LogP contribution < -0.4 is 10.5 Å². The molecule has 0 aliphatic carbocycles. The molecule has 6 nitrogen and oxygen atoms in total. The average Bonchev–Trinajstić information content (AvgIpc) is 2.35. The van der Waals surface area contributed by atoms with Crippen LogP contribution in [-0.2, 0) is 4.79 Å². The fourth-order valence-corrected chi connectivity index (χ4v) is 1.28. The summed E-state index contributed by atoms with van der Waals surface area (Å²) in [6.07, 6.45) is -10.2. The number of pyridine rings is 1. The Balaban J connectivity index is 3.33. The minimum atomic E-state index is -5.23. The summed E-state index contributed by atoms with van der Waals surface area (Å²) in [7, 11) is 0. The molecule has 1 heterocycles. The highest BCUT2D eigenvalue weighted by atomic mass is 19.4. The van der Waals surface area contributed by atoms with Crippen LogP contribution >= 0.6 is 0 Å². The third-order valence-corrected chi connectivity index (χ3v) is 2.08. The SMILES string of the molecule is N/C=C(/C(=O)O)C(=Nc1cccc(OC(F)(F)F)n1)C(F)(F)F. The van der Waals surface area contributed by atoms with E-state index in [9.17, 15) is 31.1 Å². The summed E-state index contributed by atoms with van der Waals surface area (Å²) in [5.41, 5.74) is 1.51. The van der Waals surface area contributed by atoms with Crippen LogP contribution in [0.1, 0.15) is 0 Å². The Hall–Kier alpha value is -2.79. The molecular weight excluding hydrogens is 336 g/mol. The quantitative estimate of drug-likeness (QED) is 0.497. The van der Waals surface area contributed by atoms with E-state index in [-0.39, 0.29) is 6.20 Å². The summed E-state index contributed by atoms with van der Waals surface area (Å²) < 4.78 is 78.1. The fraction of sp³-hybridized carbons (Fsp3) is 0.182. The summed E-state index contributed by atoms with van der Waals surface area (Å²) in [6.45, 7) is 0. The van der Waals surface area contributed by atoms with E-state index in [2.05, 4.69) is 14.7 Å². The van der Waals surface area contributed by atoms with Gasteiger partial charge in [0.05, 0.1) is 0 Å². The van der Waals surface area contributed by atoms with Crippen LogP contribution in [0.25, 0.3) is 0 Å². The normalized spacial score (nSPS) is 13.8. The third-order valence-electron chi connectivity index (χ3n) is 2.08. The van der Waals surface area contributed by atoms with E-state index in [1.807, 2.05) is 0 Å². The third kappa shape index (κ3) is 5.48. The topological polar surface area (TPSA) is 97.8 Å². The minimum absolute atomic E-state index is 0.157. The summed E-state index contributed by atoms with van der Waals surface area (Å²) in [4.78, 5) is 16.8. The number of carboxylic acids is 1. The summed E-state index contributed by atoms with van der Waals surface area (Å²) in [5, 5.41) is 8.67. The Morgan fingerprint density at radius 2 is 1.87 bits per heavy atom. The molecule has 0 saturated carbocycles. The molecule has 0 spiro atoms. The van der Waals surface area contributed by atoms with Crippen molar-refractivity contribution in [2.45, 2.75) is 12.5 Å². The number of hydrogen-bond acceptors (Lipinski definition) is 5. The zero-order chi connectivity index (χ0) is 17.8. The number of aromatic nitrogens is 1. The Kier molecular flexibility index (Phi) is 5.19. The van der Waals surface area contributed by atoms with Crippen molar-refractivity contribution >= 4 is 17.5 Å². The van der Waals surface area contributed by atoms with Crippen LogP contribution in [-0.4, -0.2) is 34.3 Å². The molecule has 1 aromatic rings. The first-order valence-electron chi connectivity index (χ1n) is 5.48. The summed E-state index contributed by atoms with van der Waals surface area (Å²) >= 11 is 0. The smallest absolute Gasteiger partial charge is 0.478 e. The number of nitrogens with two attached hydrogens (primary N) is 1. The zero-order valence-electron chi connectivity index (χ0n) is 10.8. The van der Waals surface area contributed by atoms with Gasteiger partial charge in [-0.05, 0) is 6.07 Å². The molecular formula is C11H7F6N3O3. The molecule has 0 aliphatic heterocycles. The van der Waals surface area contributed by atoms with Crippen LogP contribution in [0.2, 0.25) is 0 Å². The molecule has 1 rings (SSSR count). The molecule has 0 aliphatic rings. The molecule has 23 heavy (non-hydrogen) atoms. The van der Waals surface area contributed by atoms with E-state index in [1.54, 1.807) is 0 Å². The maximum Gasteiger partial charge on any atom is 0.574 e. The standard InChI is InChI=1S/C11H7F6N3O3/c12-10(13,14)8(5(4-18)9(21)22)20-6-2-1-3-7(19-6)23-11(15,16)17/h1-4H,18H2,(H,21,22)/b5-4+,20-8?. The van der Waals surface area contributed by atoms with Crippen molar-refractivity contribution in [3.05, 3.63) is 30.0 Å². The second kappa shape index (κ2) is 6.54. The minimum Gasteiger partial charge on any atom is -0.478 e. The molecule has 12 heteroatoms. The van der Waals surface area contributed by atoms with Gasteiger partial charge in [-0.15, -0.1) is 13.2 Å². The van der Waals surface area contributed by atoms with Crippen molar-refractivity contribution < 1.29 is 41.0 Å². The van der Waals surface area contributed by atoms with Gasteiger partial charge in [0.25, 0.3) is 0 Å². The maximum absolute atomic E-state index is 12.8. The van der Waals surface area contributed by atoms with Crippen molar-refractivity contribution in [1.82, 2.24) is 4.98 Å². The van der Waals surface area contributed by atoms with Crippen molar-refractivity contribution in [3.63, 3.8) is 0 Å². The molecule has 0 atom stereocenters. The van der Waals surface area contributed by atoms with Gasteiger partial charge in [-0.25, -0.2) is 9.79 Å². The van der Waals surface area contributed by atoms with Gasteiger partial charge in [-0.1, -0.05) is 6.07 Å². The fourth-order valence-electron chi connectivity index (χ4n) is 1.28. The number of alkyl halides is 6. The number of aliphatic carboxylic acids is 1. The molecule has 0 saturated heterocycles. The van der Waals surface area contributed by atoms with Crippen LogP contribution in [0.3, 0.4) is 0 Å². The van der Waals surface area contributed by atoms with Crippen LogP contribution in [0.4, 0.5) is 32.2 Å². The monoisotopic (exact) mass is 343 g/mol. The Labute approximate surface area is 123 Å². The second-order valence-corrected chi connectivity index (χ2v) is 3.73. The molecule has 0 unspecified atom stereocenters. The van der Waals surface area contributed by atoms with Gasteiger partial charge < -0.3 is 15.6 Å². The highest BCUT2D eigenvalue weighted by Gasteiger charge is 2.41. The van der Waals surface area contributed by atoms with Crippen LogP contribution in [0, 0.1) is 0 Å². The number of carboxylic acid groups (broad SMARTS) is 1. The maximum atomic E-state index is 12.8. The lowest BCUT2D eigenvalue weighted by molar-refractivity contribution is -0.276. The molecule has 0 bridgehead atoms. The number of carbonyl (C=O) groups is 1. The van der Waals surface area contributed by atoms with Crippen molar-refractivity contribution in [2.24, 2.45) is 10.7 Å². The Morgan fingerprint density at radius 3 is 2.30 bits per heavy atom. The number of aliphatic imine (C=N–C) groups is 1. The molecule has 126 valence electrons. The lowest BCUT2D eigenvalue weighted by Gasteiger charge is -2.11. The lowest BCUT2D eigenvalue weighted by atomic mass is 10.1. The van der Waals surface area contributed by atoms with Gasteiger partial charge >= 0.3 is 18.5 Å². The highest BCUT2D eigenvalue weighted by Crippen LogP contribution is 2.27. The van der Waals surface area contributed by atoms with Gasteiger partial charge in [0.1, 0.15) is 5.57 Å². The number of halogens is 6. The Morgan fingerprint density at radius 1 is 1.26 bits per heavy atom. The van der Waals surface area contributed by atoms with Crippen LogP contribution in [0.15, 0.2) is 35.0 Å². The summed E-state index contributed by atoms with van der Waals surface area (Å²) in [5.74, 6) is -3.93. The second-order valence-electron chi connectivity index (χ2n) is 3.73. The molecule has 0 fully saturated rings. The van der Waals surface area contributed by atoms with Crippen molar-refractivity contribution in [1.29, 1.82) is 0 Å². The van der Waals surface area contributed by atoms with Gasteiger partial charge in [-0.2, -0.15) is 18.2 Å². The highest BCUT2D eigenvalue weighted by molar-refractivity contribution is 6.21. The molecule has 1 aromatic heterocycles. The lowest BCUT2D eigenvalue weighted by Crippen LogP contribution is -2.29. The average molecular weight is 343 g/mol. The van der Waals surface area contributed by atoms with Gasteiger partial charge in [0.15, 0.2) is 11.5 Å². The van der Waals surface area contributed by atoms with E-state index in [4.69, 9.17) is 10.8 Å². The largest absolute Gasteiger partial charge is 0.574 e. The first-order valence-corrected chi connectivity index (χ1v) is 5.48. The number of ether oxygens (including phenoxy) is 1. The summed E-state index contributed by atoms with van der Waals surface area (Å²) in [6, 6.07) is 2.45. The van der Waals surface area contributed by atoms with Gasteiger partial charge in [0.2, 0.25) is 5.88 Å². The predicted octanol–water partition coefficient (Wildman–Crippen LogP) is 2.54. The molecule has 0 radical (unpaired) electrons. The molecule has 3 N–H and O–H groups in total. The molecule has 0 aromatic carbocycles. The number of nitrogens with zero attached hydrogens (tertiary/aromatic N) is 2. The first kappa shape index (κ1) is 18.3. The van der Waals surface area contributed by atoms with Gasteiger partial charge in [0, 0.05) is 12.3 Å². The van der Waals surface area contributed by atoms with Crippen molar-refractivity contribution in [2.75, 3.05) is 0 Å².